The Balaban J connectivity index is 1.39. The second-order valence-corrected chi connectivity index (χ2v) is 7.71. The Morgan fingerprint density at radius 3 is 2.65 bits per heavy atom. The average Bonchev–Trinajstić information content (AvgIpc) is 3.35. The van der Waals surface area contributed by atoms with E-state index in [1.807, 2.05) is 29.1 Å². The van der Waals surface area contributed by atoms with Gasteiger partial charge < -0.3 is 5.11 Å². The first kappa shape index (κ1) is 17.7. The number of hydrogen-bond acceptors (Lipinski definition) is 4. The number of nitrogens with zero attached hydrogens (tertiary/aromatic N) is 4. The average molecular weight is 354 g/mol. The van der Waals surface area contributed by atoms with E-state index >= 15 is 0 Å². The number of benzene rings is 1. The highest BCUT2D eigenvalue weighted by molar-refractivity contribution is 5.30. The van der Waals surface area contributed by atoms with Gasteiger partial charge in [-0.15, -0.1) is 0 Å². The van der Waals surface area contributed by atoms with Crippen molar-refractivity contribution >= 4 is 0 Å². The van der Waals surface area contributed by atoms with Crippen molar-refractivity contribution in [3.05, 3.63) is 48.3 Å². The second kappa shape index (κ2) is 8.33. The van der Waals surface area contributed by atoms with E-state index in [1.165, 1.54) is 31.2 Å². The Labute approximate surface area is 156 Å². The summed E-state index contributed by atoms with van der Waals surface area (Å²) in [5, 5.41) is 14.1. The van der Waals surface area contributed by atoms with E-state index in [4.69, 9.17) is 0 Å². The maximum absolute atomic E-state index is 9.53. The Hall–Kier alpha value is -1.69. The Morgan fingerprint density at radius 1 is 1.08 bits per heavy atom. The molecule has 1 aliphatic heterocycles. The lowest BCUT2D eigenvalue weighted by Crippen LogP contribution is -2.55. The van der Waals surface area contributed by atoms with Crippen LogP contribution in [0.25, 0.3) is 5.69 Å². The molecule has 140 valence electrons. The van der Waals surface area contributed by atoms with Gasteiger partial charge in [0.15, 0.2) is 0 Å². The first-order valence-corrected chi connectivity index (χ1v) is 10.0. The first-order valence-electron chi connectivity index (χ1n) is 10.0. The van der Waals surface area contributed by atoms with Crippen LogP contribution in [0.3, 0.4) is 0 Å². The van der Waals surface area contributed by atoms with Gasteiger partial charge in [-0.05, 0) is 31.4 Å². The number of aromatic nitrogens is 2. The van der Waals surface area contributed by atoms with Crippen molar-refractivity contribution in [2.45, 2.75) is 50.7 Å². The van der Waals surface area contributed by atoms with Crippen molar-refractivity contribution in [1.82, 2.24) is 19.6 Å². The molecule has 0 spiro atoms. The molecule has 1 atom stereocenters. The highest BCUT2D eigenvalue weighted by Crippen LogP contribution is 2.28. The largest absolute Gasteiger partial charge is 0.396 e. The molecule has 2 aromatic rings. The van der Waals surface area contributed by atoms with Crippen molar-refractivity contribution in [2.75, 3.05) is 26.2 Å². The summed E-state index contributed by atoms with van der Waals surface area (Å²) < 4.78 is 1.95. The van der Waals surface area contributed by atoms with E-state index in [2.05, 4.69) is 33.2 Å². The van der Waals surface area contributed by atoms with Gasteiger partial charge in [-0.3, -0.25) is 9.80 Å². The molecule has 2 aliphatic rings. The molecule has 26 heavy (non-hydrogen) atoms. The summed E-state index contributed by atoms with van der Waals surface area (Å²) in [6.07, 6.45) is 10.4. The third-order valence-corrected chi connectivity index (χ3v) is 5.93. The Morgan fingerprint density at radius 2 is 1.88 bits per heavy atom. The van der Waals surface area contributed by atoms with Crippen molar-refractivity contribution in [3.63, 3.8) is 0 Å². The summed E-state index contributed by atoms with van der Waals surface area (Å²) in [4.78, 5) is 5.21. The highest BCUT2D eigenvalue weighted by atomic mass is 16.3. The number of piperazine rings is 1. The summed E-state index contributed by atoms with van der Waals surface area (Å²) in [6.45, 7) is 4.51. The first-order chi connectivity index (χ1) is 12.8. The molecule has 5 heteroatoms. The normalized spacial score (nSPS) is 22.9. The summed E-state index contributed by atoms with van der Waals surface area (Å²) in [6, 6.07) is 11.5. The molecule has 1 N–H and O–H groups in total. The lowest BCUT2D eigenvalue weighted by molar-refractivity contribution is 0.0267. The van der Waals surface area contributed by atoms with Gasteiger partial charge in [0.05, 0.1) is 11.9 Å². The Kier molecular flexibility index (Phi) is 5.68. The molecule has 2 heterocycles. The smallest absolute Gasteiger partial charge is 0.0645 e. The number of hydrogen-bond donors (Lipinski definition) is 1. The van der Waals surface area contributed by atoms with E-state index in [1.54, 1.807) is 0 Å². The van der Waals surface area contributed by atoms with Gasteiger partial charge >= 0.3 is 0 Å². The van der Waals surface area contributed by atoms with Crippen LogP contribution >= 0.6 is 0 Å². The maximum atomic E-state index is 9.53. The third-order valence-electron chi connectivity index (χ3n) is 5.93. The van der Waals surface area contributed by atoms with Crippen molar-refractivity contribution < 1.29 is 5.11 Å². The van der Waals surface area contributed by atoms with Crippen molar-refractivity contribution in [3.8, 4) is 5.69 Å². The van der Waals surface area contributed by atoms with E-state index in [0.717, 1.165) is 44.3 Å². The summed E-state index contributed by atoms with van der Waals surface area (Å²) in [5.74, 6) is 0. The van der Waals surface area contributed by atoms with Crippen LogP contribution in [0.2, 0.25) is 0 Å². The molecule has 1 saturated heterocycles. The van der Waals surface area contributed by atoms with Gasteiger partial charge in [-0.1, -0.05) is 31.0 Å². The predicted molar refractivity (Wildman–Crippen MR) is 103 cm³/mol. The minimum absolute atomic E-state index is 0.285. The van der Waals surface area contributed by atoms with Crippen LogP contribution in [0, 0.1) is 0 Å². The molecule has 0 amide bonds. The summed E-state index contributed by atoms with van der Waals surface area (Å²) in [7, 11) is 0. The molecular weight excluding hydrogens is 324 g/mol. The minimum atomic E-state index is 0.285. The fourth-order valence-electron chi connectivity index (χ4n) is 4.62. The molecule has 1 saturated carbocycles. The number of aliphatic hydroxyl groups is 1. The predicted octanol–water partition coefficient (Wildman–Crippen LogP) is 2.68. The van der Waals surface area contributed by atoms with Gasteiger partial charge in [0, 0.05) is 56.6 Å². The fourth-order valence-corrected chi connectivity index (χ4v) is 4.62. The van der Waals surface area contributed by atoms with Gasteiger partial charge in [-0.25, -0.2) is 4.68 Å². The molecule has 5 nitrogen and oxygen atoms in total. The molecule has 1 aromatic heterocycles. The van der Waals surface area contributed by atoms with E-state index < -0.39 is 0 Å². The fraction of sp³-hybridized carbons (Fsp3) is 0.571. The quantitative estimate of drug-likeness (QED) is 0.866. The van der Waals surface area contributed by atoms with E-state index in [9.17, 15) is 5.11 Å². The van der Waals surface area contributed by atoms with Crippen molar-refractivity contribution in [1.29, 1.82) is 0 Å². The molecule has 0 unspecified atom stereocenters. The minimum Gasteiger partial charge on any atom is -0.396 e. The van der Waals surface area contributed by atoms with Crippen LogP contribution in [-0.2, 0) is 6.54 Å². The van der Waals surface area contributed by atoms with Crippen LogP contribution in [0.1, 0.15) is 37.7 Å². The topological polar surface area (TPSA) is 44.5 Å². The van der Waals surface area contributed by atoms with Gasteiger partial charge in [0.1, 0.15) is 0 Å². The van der Waals surface area contributed by atoms with E-state index in [0.29, 0.717) is 6.04 Å². The zero-order valence-electron chi connectivity index (χ0n) is 15.5. The standard InChI is InChI=1S/C21H30N4O/c26-13-10-21-17-23(11-12-24(21)19-6-4-5-7-19)15-18-14-22-25(16-18)20-8-2-1-3-9-20/h1-3,8-9,14,16,19,21,26H,4-7,10-13,15,17H2/t21-/m0/s1. The summed E-state index contributed by atoms with van der Waals surface area (Å²) in [5.41, 5.74) is 2.36. The zero-order valence-corrected chi connectivity index (χ0v) is 15.5. The highest BCUT2D eigenvalue weighted by Gasteiger charge is 2.32. The molecule has 4 rings (SSSR count). The van der Waals surface area contributed by atoms with Crippen molar-refractivity contribution in [2.24, 2.45) is 0 Å². The monoisotopic (exact) mass is 354 g/mol. The van der Waals surface area contributed by atoms with Gasteiger partial charge in [-0.2, -0.15) is 5.10 Å². The number of para-hydroxylation sites is 1. The number of aliphatic hydroxyl groups excluding tert-OH is 1. The van der Waals surface area contributed by atoms with Gasteiger partial charge in [0.2, 0.25) is 0 Å². The van der Waals surface area contributed by atoms with E-state index in [-0.39, 0.29) is 6.61 Å². The molecule has 0 bridgehead atoms. The van der Waals surface area contributed by atoms with Crippen LogP contribution in [0.4, 0.5) is 0 Å². The molecule has 2 fully saturated rings. The van der Waals surface area contributed by atoms with Crippen LogP contribution in [-0.4, -0.2) is 63.0 Å². The molecular formula is C21H30N4O. The lowest BCUT2D eigenvalue weighted by Gasteiger charge is -2.44. The van der Waals surface area contributed by atoms with Crippen LogP contribution in [0.15, 0.2) is 42.7 Å². The molecule has 0 radical (unpaired) electrons. The zero-order chi connectivity index (χ0) is 17.8. The lowest BCUT2D eigenvalue weighted by atomic mass is 10.0. The van der Waals surface area contributed by atoms with Gasteiger partial charge in [0.25, 0.3) is 0 Å². The third kappa shape index (κ3) is 4.00. The number of rotatable bonds is 6. The Bertz CT molecular complexity index is 680. The SMILES string of the molecule is OCC[C@H]1CN(Cc2cnn(-c3ccccc3)c2)CCN1C1CCCC1. The summed E-state index contributed by atoms with van der Waals surface area (Å²) >= 11 is 0. The van der Waals surface area contributed by atoms with Crippen LogP contribution in [0.5, 0.6) is 0 Å². The molecule has 1 aliphatic carbocycles. The van der Waals surface area contributed by atoms with Crippen LogP contribution < -0.4 is 0 Å². The maximum Gasteiger partial charge on any atom is 0.0645 e. The molecule has 1 aromatic carbocycles. The second-order valence-electron chi connectivity index (χ2n) is 7.71.